The summed E-state index contributed by atoms with van der Waals surface area (Å²) in [7, 11) is 1.78. The maximum absolute atomic E-state index is 12.9. The van der Waals surface area contributed by atoms with Crippen LogP contribution in [-0.2, 0) is 9.59 Å². The zero-order valence-corrected chi connectivity index (χ0v) is 17.4. The van der Waals surface area contributed by atoms with Crippen LogP contribution in [0.25, 0.3) is 0 Å². The first-order valence-electron chi connectivity index (χ1n) is 9.59. The Morgan fingerprint density at radius 3 is 1.82 bits per heavy atom. The Hall–Kier alpha value is -2.66. The van der Waals surface area contributed by atoms with E-state index >= 15 is 0 Å². The van der Waals surface area contributed by atoms with E-state index in [0.29, 0.717) is 0 Å². The van der Waals surface area contributed by atoms with Crippen LogP contribution in [0, 0.1) is 0 Å². The van der Waals surface area contributed by atoms with E-state index in [1.807, 2.05) is 88.4 Å². The van der Waals surface area contributed by atoms with Crippen LogP contribution in [0.5, 0.6) is 0 Å². The lowest BCUT2D eigenvalue weighted by atomic mass is 9.98. The molecule has 0 bridgehead atoms. The summed E-state index contributed by atoms with van der Waals surface area (Å²) < 4.78 is 0. The van der Waals surface area contributed by atoms with Gasteiger partial charge in [-0.1, -0.05) is 60.7 Å². The number of amides is 2. The summed E-state index contributed by atoms with van der Waals surface area (Å²) in [6, 6.07) is 19.1. The van der Waals surface area contributed by atoms with Crippen LogP contribution in [0.4, 0.5) is 0 Å². The fourth-order valence-corrected chi connectivity index (χ4v) is 2.93. The average molecular weight is 382 g/mol. The van der Waals surface area contributed by atoms with Gasteiger partial charge in [-0.25, -0.2) is 0 Å². The molecule has 0 aliphatic heterocycles. The van der Waals surface area contributed by atoms with Gasteiger partial charge in [0.1, 0.15) is 0 Å². The lowest BCUT2D eigenvalue weighted by molar-refractivity contribution is -0.128. The van der Waals surface area contributed by atoms with E-state index in [-0.39, 0.29) is 29.9 Å². The van der Waals surface area contributed by atoms with Gasteiger partial charge in [0.25, 0.3) is 0 Å². The fraction of sp³-hybridized carbons (Fsp3) is 0.391. The number of hydrogen-bond acceptors (Lipinski definition) is 3. The molecule has 2 aromatic rings. The molecular formula is C23H31N3O2. The van der Waals surface area contributed by atoms with E-state index in [1.165, 1.54) is 0 Å². The third kappa shape index (κ3) is 6.50. The molecule has 5 heteroatoms. The van der Waals surface area contributed by atoms with E-state index in [1.54, 1.807) is 11.9 Å². The molecular weight excluding hydrogens is 350 g/mol. The number of rotatable bonds is 7. The highest BCUT2D eigenvalue weighted by Gasteiger charge is 2.25. The normalized spacial score (nSPS) is 12.7. The molecule has 0 aliphatic carbocycles. The second kappa shape index (κ2) is 9.51. The standard InChI is InChI=1S/C23H31N3O2/c1-17(26(5)16-20(27)25-23(2,3)4)22(28)24-21(18-12-8-6-9-13-18)19-14-10-7-11-15-19/h6-15,17,21H,16H2,1-5H3,(H,24,28)(H,25,27). The molecule has 2 amide bonds. The first-order chi connectivity index (χ1) is 13.2. The fourth-order valence-electron chi connectivity index (χ4n) is 2.93. The molecule has 28 heavy (non-hydrogen) atoms. The quantitative estimate of drug-likeness (QED) is 0.775. The van der Waals surface area contributed by atoms with E-state index in [2.05, 4.69) is 10.6 Å². The first-order valence-corrected chi connectivity index (χ1v) is 9.59. The molecule has 150 valence electrons. The molecule has 0 fully saturated rings. The number of benzene rings is 2. The van der Waals surface area contributed by atoms with Crippen molar-refractivity contribution in [3.05, 3.63) is 71.8 Å². The first kappa shape index (κ1) is 21.6. The summed E-state index contributed by atoms with van der Waals surface area (Å²) in [6.07, 6.45) is 0. The molecule has 2 aromatic carbocycles. The summed E-state index contributed by atoms with van der Waals surface area (Å²) >= 11 is 0. The van der Waals surface area contributed by atoms with Gasteiger partial charge in [0, 0.05) is 5.54 Å². The molecule has 0 saturated heterocycles. The molecule has 0 aromatic heterocycles. The van der Waals surface area contributed by atoms with Crippen molar-refractivity contribution in [2.24, 2.45) is 0 Å². The van der Waals surface area contributed by atoms with Crippen LogP contribution >= 0.6 is 0 Å². The van der Waals surface area contributed by atoms with Crippen LogP contribution in [0.1, 0.15) is 44.9 Å². The predicted octanol–water partition coefficient (Wildman–Crippen LogP) is 3.13. The zero-order chi connectivity index (χ0) is 20.7. The van der Waals surface area contributed by atoms with Gasteiger partial charge in [0.15, 0.2) is 0 Å². The number of likely N-dealkylation sites (N-methyl/N-ethyl adjacent to an activating group) is 1. The SMILES string of the molecule is CC(C(=O)NC(c1ccccc1)c1ccccc1)N(C)CC(=O)NC(C)(C)C. The summed E-state index contributed by atoms with van der Waals surface area (Å²) in [5.41, 5.74) is 1.74. The van der Waals surface area contributed by atoms with Crippen LogP contribution in [0.15, 0.2) is 60.7 Å². The van der Waals surface area contributed by atoms with Gasteiger partial charge in [-0.15, -0.1) is 0 Å². The number of carbonyl (C=O) groups is 2. The summed E-state index contributed by atoms with van der Waals surface area (Å²) in [5.74, 6) is -0.221. The number of nitrogens with one attached hydrogen (secondary N) is 2. The van der Waals surface area contributed by atoms with Crippen LogP contribution in [-0.4, -0.2) is 41.9 Å². The molecule has 2 rings (SSSR count). The Morgan fingerprint density at radius 2 is 1.39 bits per heavy atom. The molecule has 0 aliphatic rings. The van der Waals surface area contributed by atoms with Gasteiger partial charge >= 0.3 is 0 Å². The summed E-state index contributed by atoms with van der Waals surface area (Å²) in [4.78, 5) is 26.9. The number of hydrogen-bond donors (Lipinski definition) is 2. The van der Waals surface area contributed by atoms with Gasteiger partial charge in [-0.2, -0.15) is 0 Å². The van der Waals surface area contributed by atoms with Crippen molar-refractivity contribution >= 4 is 11.8 Å². The van der Waals surface area contributed by atoms with Crippen molar-refractivity contribution in [3.63, 3.8) is 0 Å². The van der Waals surface area contributed by atoms with Crippen LogP contribution in [0.2, 0.25) is 0 Å². The molecule has 0 heterocycles. The monoisotopic (exact) mass is 381 g/mol. The second-order valence-electron chi connectivity index (χ2n) is 8.15. The maximum Gasteiger partial charge on any atom is 0.237 e. The molecule has 5 nitrogen and oxygen atoms in total. The van der Waals surface area contributed by atoms with Crippen molar-refractivity contribution < 1.29 is 9.59 Å². The van der Waals surface area contributed by atoms with Crippen LogP contribution < -0.4 is 10.6 Å². The average Bonchev–Trinajstić information content (AvgIpc) is 2.65. The van der Waals surface area contributed by atoms with Gasteiger partial charge in [-0.05, 0) is 45.9 Å². The Bertz CT molecular complexity index is 730. The van der Waals surface area contributed by atoms with Gasteiger partial charge in [0.05, 0.1) is 18.6 Å². The van der Waals surface area contributed by atoms with Gasteiger partial charge < -0.3 is 10.6 Å². The van der Waals surface area contributed by atoms with Crippen molar-refractivity contribution in [1.29, 1.82) is 0 Å². The highest BCUT2D eigenvalue weighted by Crippen LogP contribution is 2.22. The number of nitrogens with zero attached hydrogens (tertiary/aromatic N) is 1. The smallest absolute Gasteiger partial charge is 0.237 e. The largest absolute Gasteiger partial charge is 0.350 e. The Kier molecular flexibility index (Phi) is 7.35. The van der Waals surface area contributed by atoms with E-state index in [0.717, 1.165) is 11.1 Å². The number of carbonyl (C=O) groups excluding carboxylic acids is 2. The van der Waals surface area contributed by atoms with Crippen molar-refractivity contribution in [3.8, 4) is 0 Å². The van der Waals surface area contributed by atoms with Crippen molar-refractivity contribution in [2.75, 3.05) is 13.6 Å². The van der Waals surface area contributed by atoms with Crippen molar-refractivity contribution in [1.82, 2.24) is 15.5 Å². The molecule has 1 unspecified atom stereocenters. The van der Waals surface area contributed by atoms with Crippen LogP contribution in [0.3, 0.4) is 0 Å². The third-order valence-corrected chi connectivity index (χ3v) is 4.50. The lowest BCUT2D eigenvalue weighted by Crippen LogP contribution is -2.50. The van der Waals surface area contributed by atoms with E-state index < -0.39 is 6.04 Å². The highest BCUT2D eigenvalue weighted by molar-refractivity contribution is 5.84. The van der Waals surface area contributed by atoms with Gasteiger partial charge in [0.2, 0.25) is 11.8 Å². The molecule has 0 radical (unpaired) electrons. The van der Waals surface area contributed by atoms with E-state index in [9.17, 15) is 9.59 Å². The minimum atomic E-state index is -0.444. The topological polar surface area (TPSA) is 61.4 Å². The molecule has 2 N–H and O–H groups in total. The maximum atomic E-state index is 12.9. The van der Waals surface area contributed by atoms with Gasteiger partial charge in [-0.3, -0.25) is 14.5 Å². The zero-order valence-electron chi connectivity index (χ0n) is 17.4. The lowest BCUT2D eigenvalue weighted by Gasteiger charge is -2.28. The minimum Gasteiger partial charge on any atom is -0.350 e. The molecule has 1 atom stereocenters. The highest BCUT2D eigenvalue weighted by atomic mass is 16.2. The van der Waals surface area contributed by atoms with Crippen molar-refractivity contribution in [2.45, 2.75) is 45.3 Å². The molecule has 0 spiro atoms. The second-order valence-corrected chi connectivity index (χ2v) is 8.15. The third-order valence-electron chi connectivity index (χ3n) is 4.50. The minimum absolute atomic E-state index is 0.0997. The summed E-state index contributed by atoms with van der Waals surface area (Å²) in [5, 5.41) is 6.06. The predicted molar refractivity (Wildman–Crippen MR) is 113 cm³/mol. The van der Waals surface area contributed by atoms with E-state index in [4.69, 9.17) is 0 Å². The summed E-state index contributed by atoms with van der Waals surface area (Å²) in [6.45, 7) is 7.78. The molecule has 0 saturated carbocycles. The Balaban J connectivity index is 2.09. The Labute approximate surface area is 168 Å². The Morgan fingerprint density at radius 1 is 0.929 bits per heavy atom.